The summed E-state index contributed by atoms with van der Waals surface area (Å²) in [6.45, 7) is 4.33. The molecule has 4 rings (SSSR count). The van der Waals surface area contributed by atoms with Gasteiger partial charge < -0.3 is 15.6 Å². The van der Waals surface area contributed by atoms with Crippen LogP contribution in [0.4, 0.5) is 0 Å². The number of halogens is 1. The molecule has 1 aliphatic carbocycles. The molecule has 3 N–H and O–H groups in total. The lowest BCUT2D eigenvalue weighted by molar-refractivity contribution is 0.645. The molecule has 2 aromatic carbocycles. The molecule has 1 heterocycles. The highest BCUT2D eigenvalue weighted by molar-refractivity contribution is 14.0. The van der Waals surface area contributed by atoms with Crippen molar-refractivity contribution < 1.29 is 0 Å². The summed E-state index contributed by atoms with van der Waals surface area (Å²) in [5.41, 5.74) is 3.82. The van der Waals surface area contributed by atoms with Gasteiger partial charge in [-0.05, 0) is 30.9 Å². The van der Waals surface area contributed by atoms with Gasteiger partial charge in [0.05, 0.1) is 11.9 Å². The van der Waals surface area contributed by atoms with E-state index in [-0.39, 0.29) is 29.4 Å². The second-order valence-electron chi connectivity index (χ2n) is 7.30. The zero-order chi connectivity index (χ0) is 19.2. The Hall–Kier alpha value is -2.35. The van der Waals surface area contributed by atoms with E-state index in [9.17, 15) is 0 Å². The van der Waals surface area contributed by atoms with Gasteiger partial charge in [0.1, 0.15) is 12.4 Å². The Morgan fingerprint density at radius 1 is 1.03 bits per heavy atom. The smallest absolute Gasteiger partial charge is 0.191 e. The summed E-state index contributed by atoms with van der Waals surface area (Å²) >= 11 is 0. The number of rotatable bonds is 7. The number of imidazole rings is 1. The van der Waals surface area contributed by atoms with Gasteiger partial charge in [-0.3, -0.25) is 0 Å². The third-order valence-electron chi connectivity index (χ3n) is 5.28. The molecule has 6 heteroatoms. The van der Waals surface area contributed by atoms with Crippen LogP contribution in [0, 0.1) is 0 Å². The minimum absolute atomic E-state index is 0. The van der Waals surface area contributed by atoms with E-state index in [0.29, 0.717) is 6.54 Å². The summed E-state index contributed by atoms with van der Waals surface area (Å²) in [6, 6.07) is 21.0. The number of nitrogens with zero attached hydrogens (tertiary/aromatic N) is 2. The van der Waals surface area contributed by atoms with Crippen LogP contribution in [0.3, 0.4) is 0 Å². The number of benzene rings is 2. The van der Waals surface area contributed by atoms with Crippen molar-refractivity contribution >= 4 is 29.9 Å². The Labute approximate surface area is 189 Å². The summed E-state index contributed by atoms with van der Waals surface area (Å²) in [5.74, 6) is 1.70. The molecule has 1 aromatic heterocycles. The van der Waals surface area contributed by atoms with Crippen molar-refractivity contribution in [1.29, 1.82) is 0 Å². The van der Waals surface area contributed by atoms with Crippen molar-refractivity contribution in [3.63, 3.8) is 0 Å². The van der Waals surface area contributed by atoms with Crippen LogP contribution in [0.5, 0.6) is 0 Å². The van der Waals surface area contributed by atoms with Crippen molar-refractivity contribution in [2.45, 2.75) is 31.7 Å². The fourth-order valence-electron chi connectivity index (χ4n) is 3.47. The maximum atomic E-state index is 4.72. The van der Waals surface area contributed by atoms with E-state index in [2.05, 4.69) is 70.0 Å². The largest absolute Gasteiger partial charge is 0.357 e. The number of nitrogens with one attached hydrogen (secondary N) is 3. The van der Waals surface area contributed by atoms with Crippen LogP contribution in [0.15, 0.2) is 71.9 Å². The SMILES string of the molecule is CCNC(=NCc1ncc(-c2ccccc2)[nH]1)NCC1(c2ccccc2)CC1.I. The van der Waals surface area contributed by atoms with Crippen LogP contribution in [-0.4, -0.2) is 29.0 Å². The fraction of sp³-hybridized carbons (Fsp3) is 0.304. The van der Waals surface area contributed by atoms with Gasteiger partial charge in [-0.25, -0.2) is 9.98 Å². The minimum atomic E-state index is 0. The Morgan fingerprint density at radius 2 is 1.72 bits per heavy atom. The minimum Gasteiger partial charge on any atom is -0.357 e. The van der Waals surface area contributed by atoms with Crippen LogP contribution in [0.1, 0.15) is 31.2 Å². The fourth-order valence-corrected chi connectivity index (χ4v) is 3.47. The van der Waals surface area contributed by atoms with E-state index >= 15 is 0 Å². The Balaban J connectivity index is 0.00000240. The predicted octanol–water partition coefficient (Wildman–Crippen LogP) is 4.48. The first kappa shape index (κ1) is 21.4. The average Bonchev–Trinajstić information content (AvgIpc) is 3.40. The molecular formula is C23H28IN5. The third kappa shape index (κ3) is 5.38. The number of aliphatic imine (C=N–C) groups is 1. The highest BCUT2D eigenvalue weighted by Crippen LogP contribution is 2.47. The van der Waals surface area contributed by atoms with Crippen LogP contribution >= 0.6 is 24.0 Å². The summed E-state index contributed by atoms with van der Waals surface area (Å²) in [4.78, 5) is 12.6. The van der Waals surface area contributed by atoms with Gasteiger partial charge in [0.2, 0.25) is 0 Å². The quantitative estimate of drug-likeness (QED) is 0.254. The van der Waals surface area contributed by atoms with Gasteiger partial charge in [0.25, 0.3) is 0 Å². The number of aromatic amines is 1. The highest BCUT2D eigenvalue weighted by atomic mass is 127. The number of hydrogen-bond acceptors (Lipinski definition) is 2. The standard InChI is InChI=1S/C23H27N5.HI/c1-2-24-22(27-17-23(13-14-23)19-11-7-4-8-12-19)26-16-21-25-15-20(28-21)18-9-5-3-6-10-18;/h3-12,15H,2,13-14,16-17H2,1H3,(H,25,28)(H2,24,26,27);1H. The molecule has 0 spiro atoms. The highest BCUT2D eigenvalue weighted by Gasteiger charge is 2.43. The van der Waals surface area contributed by atoms with Crippen molar-refractivity contribution in [2.75, 3.05) is 13.1 Å². The molecule has 152 valence electrons. The van der Waals surface area contributed by atoms with Crippen LogP contribution in [-0.2, 0) is 12.0 Å². The second kappa shape index (κ2) is 9.91. The summed E-state index contributed by atoms with van der Waals surface area (Å²) < 4.78 is 0. The number of H-pyrrole nitrogens is 1. The lowest BCUT2D eigenvalue weighted by atomic mass is 9.96. The van der Waals surface area contributed by atoms with E-state index in [1.54, 1.807) is 0 Å². The molecule has 0 saturated heterocycles. The van der Waals surface area contributed by atoms with E-state index < -0.39 is 0 Å². The molecular weight excluding hydrogens is 473 g/mol. The van der Waals surface area contributed by atoms with Crippen LogP contribution in [0.2, 0.25) is 0 Å². The molecule has 0 atom stereocenters. The third-order valence-corrected chi connectivity index (χ3v) is 5.28. The van der Waals surface area contributed by atoms with Gasteiger partial charge in [-0.1, -0.05) is 60.7 Å². The maximum absolute atomic E-state index is 4.72. The molecule has 0 aliphatic heterocycles. The summed E-state index contributed by atoms with van der Waals surface area (Å²) in [6.07, 6.45) is 4.32. The van der Waals surface area contributed by atoms with Crippen molar-refractivity contribution in [1.82, 2.24) is 20.6 Å². The van der Waals surface area contributed by atoms with Crippen molar-refractivity contribution in [3.05, 3.63) is 78.2 Å². The Morgan fingerprint density at radius 3 is 2.38 bits per heavy atom. The van der Waals surface area contributed by atoms with Crippen molar-refractivity contribution in [3.8, 4) is 11.3 Å². The topological polar surface area (TPSA) is 65.1 Å². The lowest BCUT2D eigenvalue weighted by Gasteiger charge is -2.19. The number of hydrogen-bond donors (Lipinski definition) is 3. The average molecular weight is 501 g/mol. The normalized spacial score (nSPS) is 14.7. The zero-order valence-corrected chi connectivity index (χ0v) is 19.0. The van der Waals surface area contributed by atoms with Gasteiger partial charge in [-0.15, -0.1) is 24.0 Å². The van der Waals surface area contributed by atoms with E-state index in [1.165, 1.54) is 18.4 Å². The molecule has 0 unspecified atom stereocenters. The zero-order valence-electron chi connectivity index (χ0n) is 16.7. The Kier molecular flexibility index (Phi) is 7.30. The maximum Gasteiger partial charge on any atom is 0.191 e. The molecule has 3 aromatic rings. The molecule has 1 fully saturated rings. The number of guanidine groups is 1. The first-order valence-electron chi connectivity index (χ1n) is 9.96. The monoisotopic (exact) mass is 501 g/mol. The molecule has 0 amide bonds. The number of aromatic nitrogens is 2. The van der Waals surface area contributed by atoms with E-state index in [1.807, 2.05) is 24.4 Å². The molecule has 1 saturated carbocycles. The Bertz CT molecular complexity index is 917. The van der Waals surface area contributed by atoms with Gasteiger partial charge in [0.15, 0.2) is 5.96 Å². The van der Waals surface area contributed by atoms with Gasteiger partial charge >= 0.3 is 0 Å². The van der Waals surface area contributed by atoms with E-state index in [4.69, 9.17) is 4.99 Å². The molecule has 1 aliphatic rings. The van der Waals surface area contributed by atoms with E-state index in [0.717, 1.165) is 36.1 Å². The predicted molar refractivity (Wildman–Crippen MR) is 130 cm³/mol. The lowest BCUT2D eigenvalue weighted by Crippen LogP contribution is -2.41. The molecule has 29 heavy (non-hydrogen) atoms. The first-order valence-corrected chi connectivity index (χ1v) is 9.96. The molecule has 5 nitrogen and oxygen atoms in total. The molecule has 0 radical (unpaired) electrons. The van der Waals surface area contributed by atoms with Crippen LogP contribution in [0.25, 0.3) is 11.3 Å². The van der Waals surface area contributed by atoms with Gasteiger partial charge in [0, 0.05) is 18.5 Å². The molecule has 0 bridgehead atoms. The summed E-state index contributed by atoms with van der Waals surface area (Å²) in [5, 5.41) is 6.87. The van der Waals surface area contributed by atoms with Crippen LogP contribution < -0.4 is 10.6 Å². The van der Waals surface area contributed by atoms with Crippen molar-refractivity contribution in [2.24, 2.45) is 4.99 Å². The summed E-state index contributed by atoms with van der Waals surface area (Å²) in [7, 11) is 0. The van der Waals surface area contributed by atoms with Gasteiger partial charge in [-0.2, -0.15) is 0 Å². The second-order valence-corrected chi connectivity index (χ2v) is 7.30. The first-order chi connectivity index (χ1) is 13.8.